The van der Waals surface area contributed by atoms with Gasteiger partial charge in [-0.1, -0.05) is 30.3 Å². The largest absolute Gasteiger partial charge is 0.377 e. The average Bonchev–Trinajstić information content (AvgIpc) is 2.68. The molecule has 0 spiro atoms. The number of rotatable bonds is 6. The molecule has 1 aliphatic rings. The number of nitro groups is 1. The molecule has 26 heavy (non-hydrogen) atoms. The number of ketones is 1. The fourth-order valence-electron chi connectivity index (χ4n) is 3.36. The molecule has 2 aromatic rings. The highest BCUT2D eigenvalue weighted by Gasteiger charge is 2.27. The Bertz CT molecular complexity index is 790. The van der Waals surface area contributed by atoms with Crippen LogP contribution in [0.3, 0.4) is 0 Å². The second-order valence-electron chi connectivity index (χ2n) is 6.32. The van der Waals surface area contributed by atoms with E-state index in [4.69, 9.17) is 4.74 Å². The maximum absolute atomic E-state index is 12.6. The van der Waals surface area contributed by atoms with E-state index in [0.717, 1.165) is 19.4 Å². The summed E-state index contributed by atoms with van der Waals surface area (Å²) in [4.78, 5) is 25.8. The third-order valence-corrected chi connectivity index (χ3v) is 4.59. The highest BCUT2D eigenvalue weighted by atomic mass is 16.6. The molecular formula is C20H22N2O4. The summed E-state index contributed by atoms with van der Waals surface area (Å²) in [5.41, 5.74) is 1.35. The van der Waals surface area contributed by atoms with Gasteiger partial charge < -0.3 is 9.64 Å². The second-order valence-corrected chi connectivity index (χ2v) is 6.32. The van der Waals surface area contributed by atoms with Crippen LogP contribution in [0.5, 0.6) is 0 Å². The molecule has 1 unspecified atom stereocenters. The smallest absolute Gasteiger partial charge is 0.293 e. The average molecular weight is 354 g/mol. The predicted octanol–water partition coefficient (Wildman–Crippen LogP) is 3.83. The lowest BCUT2D eigenvalue weighted by Gasteiger charge is -2.33. The van der Waals surface area contributed by atoms with Gasteiger partial charge in [-0.2, -0.15) is 0 Å². The van der Waals surface area contributed by atoms with E-state index in [0.29, 0.717) is 30.0 Å². The lowest BCUT2D eigenvalue weighted by atomic mass is 10.0. The predicted molar refractivity (Wildman–Crippen MR) is 99.8 cm³/mol. The molecule has 0 aromatic heterocycles. The number of nitro benzene ring substituents is 1. The molecule has 6 heteroatoms. The number of nitrogens with zero attached hydrogens (tertiary/aromatic N) is 2. The van der Waals surface area contributed by atoms with Crippen LogP contribution in [-0.2, 0) is 4.74 Å². The lowest BCUT2D eigenvalue weighted by Crippen LogP contribution is -2.40. The summed E-state index contributed by atoms with van der Waals surface area (Å²) >= 11 is 0. The zero-order chi connectivity index (χ0) is 18.5. The van der Waals surface area contributed by atoms with Crippen molar-refractivity contribution in [1.82, 2.24) is 0 Å². The van der Waals surface area contributed by atoms with Gasteiger partial charge >= 0.3 is 0 Å². The molecule has 1 fully saturated rings. The Kier molecular flexibility index (Phi) is 5.63. The van der Waals surface area contributed by atoms with Crippen molar-refractivity contribution in [2.75, 3.05) is 24.6 Å². The van der Waals surface area contributed by atoms with E-state index in [2.05, 4.69) is 0 Å². The highest BCUT2D eigenvalue weighted by Crippen LogP contribution is 2.32. The quantitative estimate of drug-likeness (QED) is 0.448. The Morgan fingerprint density at radius 1 is 1.23 bits per heavy atom. The molecule has 6 nitrogen and oxygen atoms in total. The van der Waals surface area contributed by atoms with Gasteiger partial charge in [0, 0.05) is 36.9 Å². The minimum atomic E-state index is -0.415. The molecule has 0 radical (unpaired) electrons. The van der Waals surface area contributed by atoms with Gasteiger partial charge in [-0.3, -0.25) is 14.9 Å². The van der Waals surface area contributed by atoms with Crippen LogP contribution >= 0.6 is 0 Å². The van der Waals surface area contributed by atoms with E-state index >= 15 is 0 Å². The van der Waals surface area contributed by atoms with E-state index in [1.807, 2.05) is 17.9 Å². The number of carbonyl (C=O) groups excluding carboxylic acids is 1. The molecule has 0 aliphatic carbocycles. The molecule has 1 saturated heterocycles. The molecule has 136 valence electrons. The van der Waals surface area contributed by atoms with Crippen molar-refractivity contribution in [2.24, 2.45) is 0 Å². The van der Waals surface area contributed by atoms with Gasteiger partial charge in [0.15, 0.2) is 5.78 Å². The van der Waals surface area contributed by atoms with Crippen molar-refractivity contribution in [3.8, 4) is 0 Å². The first kappa shape index (κ1) is 18.1. The summed E-state index contributed by atoms with van der Waals surface area (Å²) in [7, 11) is 0. The summed E-state index contributed by atoms with van der Waals surface area (Å²) in [5.74, 6) is -0.217. The number of benzene rings is 2. The van der Waals surface area contributed by atoms with Crippen molar-refractivity contribution in [1.29, 1.82) is 0 Å². The molecular weight excluding hydrogens is 332 g/mol. The Morgan fingerprint density at radius 2 is 2.00 bits per heavy atom. The SMILES string of the molecule is CCOC1CCCN(c2ccc(C(=O)c3ccccc3)cc2[N+](=O)[O-])C1. The molecule has 0 saturated carbocycles. The number of hydrogen-bond acceptors (Lipinski definition) is 5. The van der Waals surface area contributed by atoms with Crippen molar-refractivity contribution >= 4 is 17.2 Å². The number of piperidine rings is 1. The van der Waals surface area contributed by atoms with Gasteiger partial charge in [0.1, 0.15) is 5.69 Å². The van der Waals surface area contributed by atoms with Crippen LogP contribution in [0.4, 0.5) is 11.4 Å². The van der Waals surface area contributed by atoms with Crippen molar-refractivity contribution in [3.05, 3.63) is 69.8 Å². The maximum Gasteiger partial charge on any atom is 0.293 e. The van der Waals surface area contributed by atoms with Gasteiger partial charge in [0.05, 0.1) is 11.0 Å². The summed E-state index contributed by atoms with van der Waals surface area (Å²) < 4.78 is 5.69. The Hall–Kier alpha value is -2.73. The van der Waals surface area contributed by atoms with Crippen molar-refractivity contribution in [3.63, 3.8) is 0 Å². The third-order valence-electron chi connectivity index (χ3n) is 4.59. The maximum atomic E-state index is 12.6. The fourth-order valence-corrected chi connectivity index (χ4v) is 3.36. The minimum absolute atomic E-state index is 0.0380. The van der Waals surface area contributed by atoms with Crippen LogP contribution in [0.2, 0.25) is 0 Å². The first-order valence-corrected chi connectivity index (χ1v) is 8.85. The number of ether oxygens (including phenoxy) is 1. The number of hydrogen-bond donors (Lipinski definition) is 0. The Balaban J connectivity index is 1.90. The monoisotopic (exact) mass is 354 g/mol. The van der Waals surface area contributed by atoms with Gasteiger partial charge in [-0.05, 0) is 31.9 Å². The summed E-state index contributed by atoms with van der Waals surface area (Å²) in [6, 6.07) is 13.5. The fraction of sp³-hybridized carbons (Fsp3) is 0.350. The van der Waals surface area contributed by atoms with Crippen LogP contribution < -0.4 is 4.90 Å². The third kappa shape index (κ3) is 3.91. The lowest BCUT2D eigenvalue weighted by molar-refractivity contribution is -0.384. The standard InChI is InChI=1S/C20H22N2O4/c1-2-26-17-9-6-12-21(14-17)18-11-10-16(13-19(18)22(24)25)20(23)15-7-4-3-5-8-15/h3-5,7-8,10-11,13,17H,2,6,9,12,14H2,1H3. The first-order chi connectivity index (χ1) is 12.6. The zero-order valence-electron chi connectivity index (χ0n) is 14.8. The van der Waals surface area contributed by atoms with Crippen LogP contribution in [0.25, 0.3) is 0 Å². The van der Waals surface area contributed by atoms with E-state index < -0.39 is 4.92 Å². The van der Waals surface area contributed by atoms with Crippen LogP contribution in [0.1, 0.15) is 35.7 Å². The molecule has 1 aliphatic heterocycles. The van der Waals surface area contributed by atoms with Gasteiger partial charge in [-0.25, -0.2) is 0 Å². The molecule has 0 amide bonds. The summed E-state index contributed by atoms with van der Waals surface area (Å²) in [6.07, 6.45) is 1.97. The van der Waals surface area contributed by atoms with Gasteiger partial charge in [0.2, 0.25) is 0 Å². The Labute approximate surface area is 152 Å². The van der Waals surface area contributed by atoms with Crippen molar-refractivity contribution < 1.29 is 14.5 Å². The normalized spacial score (nSPS) is 17.1. The van der Waals surface area contributed by atoms with E-state index in [-0.39, 0.29) is 17.6 Å². The molecule has 0 N–H and O–H groups in total. The van der Waals surface area contributed by atoms with Crippen LogP contribution in [0, 0.1) is 10.1 Å². The van der Waals surface area contributed by atoms with Crippen LogP contribution in [-0.4, -0.2) is 36.5 Å². The molecule has 2 aromatic carbocycles. The number of anilines is 1. The molecule has 0 bridgehead atoms. The molecule has 1 heterocycles. The first-order valence-electron chi connectivity index (χ1n) is 8.85. The summed E-state index contributed by atoms with van der Waals surface area (Å²) in [5, 5.41) is 11.6. The zero-order valence-corrected chi connectivity index (χ0v) is 14.8. The van der Waals surface area contributed by atoms with Gasteiger partial charge in [0.25, 0.3) is 5.69 Å². The summed E-state index contributed by atoms with van der Waals surface area (Å²) in [6.45, 7) is 3.95. The van der Waals surface area contributed by atoms with Crippen molar-refractivity contribution in [2.45, 2.75) is 25.9 Å². The second kappa shape index (κ2) is 8.10. The van der Waals surface area contributed by atoms with E-state index in [1.54, 1.807) is 36.4 Å². The minimum Gasteiger partial charge on any atom is -0.377 e. The van der Waals surface area contributed by atoms with Gasteiger partial charge in [-0.15, -0.1) is 0 Å². The molecule has 3 rings (SSSR count). The Morgan fingerprint density at radius 3 is 2.69 bits per heavy atom. The highest BCUT2D eigenvalue weighted by molar-refractivity contribution is 6.09. The van der Waals surface area contributed by atoms with E-state index in [9.17, 15) is 14.9 Å². The topological polar surface area (TPSA) is 72.7 Å². The van der Waals surface area contributed by atoms with E-state index in [1.165, 1.54) is 6.07 Å². The molecule has 1 atom stereocenters. The van der Waals surface area contributed by atoms with Crippen LogP contribution in [0.15, 0.2) is 48.5 Å². The number of carbonyl (C=O) groups is 1.